The predicted molar refractivity (Wildman–Crippen MR) is 119 cm³/mol. The lowest BCUT2D eigenvalue weighted by Crippen LogP contribution is -2.28. The smallest absolute Gasteiger partial charge is 0.352 e. The molecule has 0 amide bonds. The van der Waals surface area contributed by atoms with Crippen molar-refractivity contribution in [3.05, 3.63) is 81.5 Å². The van der Waals surface area contributed by atoms with E-state index in [-0.39, 0.29) is 6.61 Å². The van der Waals surface area contributed by atoms with E-state index in [1.165, 1.54) is 11.7 Å². The van der Waals surface area contributed by atoms with Crippen LogP contribution in [0.3, 0.4) is 0 Å². The highest BCUT2D eigenvalue weighted by atomic mass is 35.5. The van der Waals surface area contributed by atoms with Crippen molar-refractivity contribution in [1.29, 1.82) is 0 Å². The van der Waals surface area contributed by atoms with Crippen LogP contribution in [0.25, 0.3) is 17.8 Å². The molecule has 156 valence electrons. The van der Waals surface area contributed by atoms with Gasteiger partial charge < -0.3 is 14.6 Å². The molecule has 0 fully saturated rings. The topological polar surface area (TPSA) is 73.6 Å². The van der Waals surface area contributed by atoms with Gasteiger partial charge in [-0.3, -0.25) is 4.57 Å². The van der Waals surface area contributed by atoms with E-state index in [0.717, 1.165) is 5.56 Å². The second kappa shape index (κ2) is 9.15. The van der Waals surface area contributed by atoms with Crippen LogP contribution in [-0.4, -0.2) is 34.0 Å². The summed E-state index contributed by atoms with van der Waals surface area (Å²) in [6, 6.07) is 14.2. The van der Waals surface area contributed by atoms with E-state index < -0.39 is 11.3 Å². The SMILES string of the molecule is COc1cc(-n2ccc(/C=C/c3ccc(Cl)cc3)nc2=O)ccc1OCC(C)(C)O. The van der Waals surface area contributed by atoms with E-state index >= 15 is 0 Å². The Morgan fingerprint density at radius 3 is 2.47 bits per heavy atom. The first-order valence-corrected chi connectivity index (χ1v) is 9.70. The molecule has 0 bridgehead atoms. The van der Waals surface area contributed by atoms with E-state index in [2.05, 4.69) is 4.98 Å². The van der Waals surface area contributed by atoms with Crippen molar-refractivity contribution >= 4 is 23.8 Å². The molecule has 0 aliphatic heterocycles. The van der Waals surface area contributed by atoms with Crippen molar-refractivity contribution in [2.24, 2.45) is 0 Å². The van der Waals surface area contributed by atoms with Crippen molar-refractivity contribution in [2.75, 3.05) is 13.7 Å². The van der Waals surface area contributed by atoms with E-state index in [0.29, 0.717) is 27.9 Å². The Labute approximate surface area is 180 Å². The van der Waals surface area contributed by atoms with Gasteiger partial charge in [0, 0.05) is 17.3 Å². The Balaban J connectivity index is 1.82. The Bertz CT molecular complexity index is 1100. The van der Waals surface area contributed by atoms with Gasteiger partial charge in [0.1, 0.15) is 6.61 Å². The molecule has 3 rings (SSSR count). The molecule has 0 unspecified atom stereocenters. The summed E-state index contributed by atoms with van der Waals surface area (Å²) >= 11 is 5.89. The van der Waals surface area contributed by atoms with Crippen LogP contribution in [0.15, 0.2) is 59.5 Å². The summed E-state index contributed by atoms with van der Waals surface area (Å²) in [5, 5.41) is 10.5. The Morgan fingerprint density at radius 1 is 1.10 bits per heavy atom. The molecule has 0 spiro atoms. The zero-order chi connectivity index (χ0) is 21.7. The number of halogens is 1. The zero-order valence-corrected chi connectivity index (χ0v) is 17.8. The van der Waals surface area contributed by atoms with Crippen molar-refractivity contribution in [1.82, 2.24) is 9.55 Å². The molecular weight excluding hydrogens is 404 g/mol. The second-order valence-electron chi connectivity index (χ2n) is 7.33. The molecule has 0 atom stereocenters. The quantitative estimate of drug-likeness (QED) is 0.612. The molecule has 7 heteroatoms. The number of ether oxygens (including phenoxy) is 2. The fourth-order valence-corrected chi connectivity index (χ4v) is 2.77. The van der Waals surface area contributed by atoms with Gasteiger partial charge in [0.2, 0.25) is 0 Å². The van der Waals surface area contributed by atoms with E-state index in [4.69, 9.17) is 21.1 Å². The number of methoxy groups -OCH3 is 1. The molecule has 0 saturated carbocycles. The zero-order valence-electron chi connectivity index (χ0n) is 17.0. The molecule has 1 heterocycles. The molecular formula is C23H23ClN2O4. The molecule has 2 aromatic carbocycles. The van der Waals surface area contributed by atoms with Gasteiger partial charge in [-0.05, 0) is 55.8 Å². The second-order valence-corrected chi connectivity index (χ2v) is 7.76. The Kier molecular flexibility index (Phi) is 6.59. The third-order valence-corrected chi connectivity index (χ3v) is 4.40. The summed E-state index contributed by atoms with van der Waals surface area (Å²) in [7, 11) is 1.52. The third-order valence-electron chi connectivity index (χ3n) is 4.15. The van der Waals surface area contributed by atoms with Gasteiger partial charge >= 0.3 is 5.69 Å². The number of hydrogen-bond donors (Lipinski definition) is 1. The van der Waals surface area contributed by atoms with Crippen molar-refractivity contribution in [2.45, 2.75) is 19.4 Å². The van der Waals surface area contributed by atoms with Crippen LogP contribution in [0.1, 0.15) is 25.1 Å². The monoisotopic (exact) mass is 426 g/mol. The summed E-state index contributed by atoms with van der Waals surface area (Å²) in [6.07, 6.45) is 5.28. The highest BCUT2D eigenvalue weighted by molar-refractivity contribution is 6.30. The Morgan fingerprint density at radius 2 is 1.83 bits per heavy atom. The van der Waals surface area contributed by atoms with Gasteiger partial charge in [-0.25, -0.2) is 4.79 Å². The molecule has 6 nitrogen and oxygen atoms in total. The summed E-state index contributed by atoms with van der Waals surface area (Å²) in [5.74, 6) is 0.933. The van der Waals surface area contributed by atoms with Crippen LogP contribution in [0.2, 0.25) is 5.02 Å². The lowest BCUT2D eigenvalue weighted by atomic mass is 10.2. The first kappa shape index (κ1) is 21.6. The molecule has 3 aromatic rings. The lowest BCUT2D eigenvalue weighted by Gasteiger charge is -2.19. The first-order chi connectivity index (χ1) is 14.2. The average molecular weight is 427 g/mol. The Hall–Kier alpha value is -3.09. The fourth-order valence-electron chi connectivity index (χ4n) is 2.64. The number of aromatic nitrogens is 2. The van der Waals surface area contributed by atoms with Crippen LogP contribution in [-0.2, 0) is 0 Å². The molecule has 0 aliphatic rings. The van der Waals surface area contributed by atoms with Gasteiger partial charge in [-0.2, -0.15) is 4.98 Å². The van der Waals surface area contributed by atoms with Crippen LogP contribution in [0.5, 0.6) is 11.5 Å². The summed E-state index contributed by atoms with van der Waals surface area (Å²) in [6.45, 7) is 3.42. The van der Waals surface area contributed by atoms with Crippen molar-refractivity contribution in [3.63, 3.8) is 0 Å². The molecule has 0 saturated heterocycles. The van der Waals surface area contributed by atoms with Crippen LogP contribution < -0.4 is 15.2 Å². The highest BCUT2D eigenvalue weighted by Crippen LogP contribution is 2.29. The van der Waals surface area contributed by atoms with Crippen LogP contribution in [0.4, 0.5) is 0 Å². The molecule has 1 N–H and O–H groups in total. The molecule has 30 heavy (non-hydrogen) atoms. The number of hydrogen-bond acceptors (Lipinski definition) is 5. The van der Waals surface area contributed by atoms with Crippen molar-refractivity contribution < 1.29 is 14.6 Å². The summed E-state index contributed by atoms with van der Waals surface area (Å²) in [4.78, 5) is 16.7. The first-order valence-electron chi connectivity index (χ1n) is 9.32. The minimum absolute atomic E-state index is 0.110. The van der Waals surface area contributed by atoms with E-state index in [1.54, 1.807) is 62.5 Å². The van der Waals surface area contributed by atoms with Gasteiger partial charge in [-0.1, -0.05) is 29.8 Å². The van der Waals surface area contributed by atoms with Crippen LogP contribution in [0, 0.1) is 0 Å². The minimum Gasteiger partial charge on any atom is -0.493 e. The molecule has 0 radical (unpaired) electrons. The number of nitrogens with zero attached hydrogens (tertiary/aromatic N) is 2. The van der Waals surface area contributed by atoms with Gasteiger partial charge in [-0.15, -0.1) is 0 Å². The fraction of sp³-hybridized carbons (Fsp3) is 0.217. The third kappa shape index (κ3) is 5.72. The highest BCUT2D eigenvalue weighted by Gasteiger charge is 2.16. The van der Waals surface area contributed by atoms with Crippen molar-refractivity contribution in [3.8, 4) is 17.2 Å². The lowest BCUT2D eigenvalue weighted by molar-refractivity contribution is 0.0276. The maximum Gasteiger partial charge on any atom is 0.352 e. The van der Waals surface area contributed by atoms with Gasteiger partial charge in [0.15, 0.2) is 11.5 Å². The summed E-state index contributed by atoms with van der Waals surface area (Å²) < 4.78 is 12.4. The number of benzene rings is 2. The largest absolute Gasteiger partial charge is 0.493 e. The maximum atomic E-state index is 12.5. The van der Waals surface area contributed by atoms with E-state index in [1.807, 2.05) is 18.2 Å². The maximum absolute atomic E-state index is 12.5. The predicted octanol–water partition coefficient (Wildman–Crippen LogP) is 4.21. The van der Waals surface area contributed by atoms with Crippen LogP contribution >= 0.6 is 11.6 Å². The van der Waals surface area contributed by atoms with Gasteiger partial charge in [0.25, 0.3) is 0 Å². The normalized spacial score (nSPS) is 11.6. The minimum atomic E-state index is -0.972. The molecule has 1 aromatic heterocycles. The average Bonchev–Trinajstić information content (AvgIpc) is 2.71. The van der Waals surface area contributed by atoms with E-state index in [9.17, 15) is 9.90 Å². The summed E-state index contributed by atoms with van der Waals surface area (Å²) in [5.41, 5.74) is 0.702. The standard InChI is InChI=1S/C23H23ClN2O4/c1-23(2,28)15-30-20-11-10-19(14-21(20)29-3)26-13-12-18(25-22(26)27)9-6-16-4-7-17(24)8-5-16/h4-14,28H,15H2,1-3H3/b9-6+. The number of aliphatic hydroxyl groups is 1. The van der Waals surface area contributed by atoms with Gasteiger partial charge in [0.05, 0.1) is 24.1 Å². The molecule has 0 aliphatic carbocycles. The number of rotatable bonds is 7.